The van der Waals surface area contributed by atoms with Crippen molar-refractivity contribution < 1.29 is 28.7 Å². The Morgan fingerprint density at radius 1 is 1.09 bits per heavy atom. The number of nitrogens with zero attached hydrogens (tertiary/aromatic N) is 1. The van der Waals surface area contributed by atoms with Crippen LogP contribution in [-0.4, -0.2) is 48.8 Å². The van der Waals surface area contributed by atoms with Crippen LogP contribution in [0.1, 0.15) is 44.7 Å². The van der Waals surface area contributed by atoms with E-state index >= 15 is 0 Å². The van der Waals surface area contributed by atoms with Crippen molar-refractivity contribution in [3.63, 3.8) is 0 Å². The van der Waals surface area contributed by atoms with Gasteiger partial charge < -0.3 is 19.7 Å². The molecule has 1 unspecified atom stereocenters. The van der Waals surface area contributed by atoms with Crippen molar-refractivity contribution in [1.29, 1.82) is 0 Å². The minimum Gasteiger partial charge on any atom is -0.496 e. The SMILES string of the molecule is COc1cc(NC(=O)c2ccc3c(c2)CN(C2CCC(=O)NC2=O)C3=O)cc(OC)c1C. The number of amides is 4. The second-order valence-corrected chi connectivity index (χ2v) is 7.73. The van der Waals surface area contributed by atoms with Crippen molar-refractivity contribution >= 4 is 29.3 Å². The summed E-state index contributed by atoms with van der Waals surface area (Å²) in [6.45, 7) is 2.06. The summed E-state index contributed by atoms with van der Waals surface area (Å²) in [5.74, 6) is -0.276. The molecule has 1 atom stereocenters. The lowest BCUT2D eigenvalue weighted by atomic mass is 10.0. The number of imide groups is 1. The summed E-state index contributed by atoms with van der Waals surface area (Å²) in [6, 6.07) is 7.53. The Hall–Kier alpha value is -3.88. The Morgan fingerprint density at radius 2 is 1.78 bits per heavy atom. The first kappa shape index (κ1) is 21.4. The van der Waals surface area contributed by atoms with E-state index in [2.05, 4.69) is 10.6 Å². The standard InChI is InChI=1S/C23H23N3O6/c1-12-18(31-2)9-15(10-19(12)32-3)24-21(28)13-4-5-16-14(8-13)11-26(23(16)30)17-6-7-20(27)25-22(17)29/h4-5,8-10,17H,6-7,11H2,1-3H3,(H,24,28)(H,25,27,29). The summed E-state index contributed by atoms with van der Waals surface area (Å²) in [4.78, 5) is 50.7. The third kappa shape index (κ3) is 3.77. The van der Waals surface area contributed by atoms with E-state index in [9.17, 15) is 19.2 Å². The number of hydrogen-bond acceptors (Lipinski definition) is 6. The minimum absolute atomic E-state index is 0.188. The molecule has 2 aromatic rings. The number of nitrogens with one attached hydrogen (secondary N) is 2. The number of benzene rings is 2. The van der Waals surface area contributed by atoms with Crippen molar-refractivity contribution in [1.82, 2.24) is 10.2 Å². The Kier molecular flexibility index (Phi) is 5.56. The lowest BCUT2D eigenvalue weighted by Gasteiger charge is -2.29. The lowest BCUT2D eigenvalue weighted by Crippen LogP contribution is -2.52. The molecule has 9 nitrogen and oxygen atoms in total. The molecule has 2 aliphatic heterocycles. The topological polar surface area (TPSA) is 114 Å². The molecule has 4 rings (SSSR count). The van der Waals surface area contributed by atoms with Gasteiger partial charge in [0.2, 0.25) is 11.8 Å². The zero-order valence-electron chi connectivity index (χ0n) is 18.0. The van der Waals surface area contributed by atoms with Gasteiger partial charge in [0.1, 0.15) is 17.5 Å². The van der Waals surface area contributed by atoms with Crippen LogP contribution < -0.4 is 20.1 Å². The first-order valence-electron chi connectivity index (χ1n) is 10.1. The maximum atomic E-state index is 12.9. The van der Waals surface area contributed by atoms with E-state index in [1.54, 1.807) is 44.6 Å². The van der Waals surface area contributed by atoms with Gasteiger partial charge in [0.05, 0.1) is 14.2 Å². The summed E-state index contributed by atoms with van der Waals surface area (Å²) in [5.41, 5.74) is 2.81. The van der Waals surface area contributed by atoms with Crippen molar-refractivity contribution in [2.45, 2.75) is 32.4 Å². The van der Waals surface area contributed by atoms with E-state index < -0.39 is 11.9 Å². The number of piperidine rings is 1. The predicted octanol–water partition coefficient (Wildman–Crippen LogP) is 2.03. The molecule has 1 saturated heterocycles. The summed E-state index contributed by atoms with van der Waals surface area (Å²) < 4.78 is 10.7. The largest absolute Gasteiger partial charge is 0.496 e. The van der Waals surface area contributed by atoms with Gasteiger partial charge in [-0.05, 0) is 37.1 Å². The molecular weight excluding hydrogens is 414 g/mol. The molecule has 1 fully saturated rings. The van der Waals surface area contributed by atoms with Gasteiger partial charge in [0, 0.05) is 47.5 Å². The molecule has 166 valence electrons. The van der Waals surface area contributed by atoms with E-state index in [0.29, 0.717) is 33.9 Å². The number of carbonyl (C=O) groups is 4. The molecule has 0 saturated carbocycles. The van der Waals surface area contributed by atoms with Crippen LogP contribution in [0.15, 0.2) is 30.3 Å². The molecule has 0 bridgehead atoms. The molecule has 2 heterocycles. The highest BCUT2D eigenvalue weighted by atomic mass is 16.5. The van der Waals surface area contributed by atoms with E-state index in [0.717, 1.165) is 5.56 Å². The Balaban J connectivity index is 1.54. The monoisotopic (exact) mass is 437 g/mol. The van der Waals surface area contributed by atoms with Gasteiger partial charge >= 0.3 is 0 Å². The van der Waals surface area contributed by atoms with Crippen LogP contribution in [0.4, 0.5) is 5.69 Å². The van der Waals surface area contributed by atoms with Gasteiger partial charge in [0.25, 0.3) is 11.8 Å². The van der Waals surface area contributed by atoms with Crippen molar-refractivity contribution in [3.05, 3.63) is 52.6 Å². The van der Waals surface area contributed by atoms with Crippen molar-refractivity contribution in [3.8, 4) is 11.5 Å². The predicted molar refractivity (Wildman–Crippen MR) is 115 cm³/mol. The van der Waals surface area contributed by atoms with Crippen molar-refractivity contribution in [2.75, 3.05) is 19.5 Å². The first-order chi connectivity index (χ1) is 15.3. The maximum absolute atomic E-state index is 12.9. The van der Waals surface area contributed by atoms with Gasteiger partial charge in [-0.3, -0.25) is 24.5 Å². The van der Waals surface area contributed by atoms with Gasteiger partial charge in [-0.25, -0.2) is 0 Å². The fourth-order valence-corrected chi connectivity index (χ4v) is 4.08. The van der Waals surface area contributed by atoms with Gasteiger partial charge in [-0.2, -0.15) is 0 Å². The van der Waals surface area contributed by atoms with Crippen LogP contribution in [0, 0.1) is 6.92 Å². The maximum Gasteiger partial charge on any atom is 0.255 e. The number of anilines is 1. The quantitative estimate of drug-likeness (QED) is 0.692. The Morgan fingerprint density at radius 3 is 2.41 bits per heavy atom. The number of fused-ring (bicyclic) bond motifs is 1. The van der Waals surface area contributed by atoms with Crippen LogP contribution in [0.2, 0.25) is 0 Å². The van der Waals surface area contributed by atoms with E-state index in [1.807, 2.05) is 6.92 Å². The van der Waals surface area contributed by atoms with Crippen LogP contribution in [0.5, 0.6) is 11.5 Å². The second kappa shape index (κ2) is 8.33. The summed E-state index contributed by atoms with van der Waals surface area (Å²) in [6.07, 6.45) is 0.475. The smallest absolute Gasteiger partial charge is 0.255 e. The molecular formula is C23H23N3O6. The average Bonchev–Trinajstić information content (AvgIpc) is 3.10. The third-order valence-electron chi connectivity index (χ3n) is 5.80. The highest BCUT2D eigenvalue weighted by Gasteiger charge is 2.39. The summed E-state index contributed by atoms with van der Waals surface area (Å²) >= 11 is 0. The highest BCUT2D eigenvalue weighted by molar-refractivity contribution is 6.08. The zero-order valence-corrected chi connectivity index (χ0v) is 18.0. The molecule has 2 aromatic carbocycles. The highest BCUT2D eigenvalue weighted by Crippen LogP contribution is 2.33. The molecule has 9 heteroatoms. The first-order valence-corrected chi connectivity index (χ1v) is 10.1. The summed E-state index contributed by atoms with van der Waals surface area (Å²) in [7, 11) is 3.08. The van der Waals surface area contributed by atoms with Crippen LogP contribution in [-0.2, 0) is 16.1 Å². The number of hydrogen-bond donors (Lipinski definition) is 2. The van der Waals surface area contributed by atoms with Crippen LogP contribution >= 0.6 is 0 Å². The fraction of sp³-hybridized carbons (Fsp3) is 0.304. The molecule has 0 aromatic heterocycles. The molecule has 4 amide bonds. The van der Waals surface area contributed by atoms with Crippen LogP contribution in [0.3, 0.4) is 0 Å². The minimum atomic E-state index is -0.697. The molecule has 32 heavy (non-hydrogen) atoms. The summed E-state index contributed by atoms with van der Waals surface area (Å²) in [5, 5.41) is 5.10. The molecule has 2 aliphatic rings. The zero-order chi connectivity index (χ0) is 23.0. The number of rotatable bonds is 5. The molecule has 2 N–H and O–H groups in total. The molecule has 0 radical (unpaired) electrons. The second-order valence-electron chi connectivity index (χ2n) is 7.73. The number of ether oxygens (including phenoxy) is 2. The Labute approximate surface area is 184 Å². The van der Waals surface area contributed by atoms with Gasteiger partial charge in [0.15, 0.2) is 0 Å². The van der Waals surface area contributed by atoms with Crippen LogP contribution in [0.25, 0.3) is 0 Å². The van der Waals surface area contributed by atoms with Gasteiger partial charge in [-0.15, -0.1) is 0 Å². The number of carbonyl (C=O) groups excluding carboxylic acids is 4. The average molecular weight is 437 g/mol. The van der Waals surface area contributed by atoms with Crippen molar-refractivity contribution in [2.24, 2.45) is 0 Å². The van der Waals surface area contributed by atoms with E-state index in [-0.39, 0.29) is 37.1 Å². The molecule has 0 aliphatic carbocycles. The third-order valence-corrected chi connectivity index (χ3v) is 5.80. The van der Waals surface area contributed by atoms with Gasteiger partial charge in [-0.1, -0.05) is 0 Å². The number of methoxy groups -OCH3 is 2. The Bertz CT molecular complexity index is 1120. The molecule has 0 spiro atoms. The van der Waals surface area contributed by atoms with E-state index in [4.69, 9.17) is 9.47 Å². The fourth-order valence-electron chi connectivity index (χ4n) is 4.08. The lowest BCUT2D eigenvalue weighted by molar-refractivity contribution is -0.136. The normalized spacial score (nSPS) is 17.7. The van der Waals surface area contributed by atoms with E-state index in [1.165, 1.54) is 4.90 Å².